The van der Waals surface area contributed by atoms with Crippen molar-refractivity contribution in [2.75, 3.05) is 14.1 Å². The minimum absolute atomic E-state index is 0.276. The van der Waals surface area contributed by atoms with Crippen LogP contribution in [-0.4, -0.2) is 25.0 Å². The molecule has 0 heterocycles. The summed E-state index contributed by atoms with van der Waals surface area (Å²) in [5.41, 5.74) is 9.00. The highest BCUT2D eigenvalue weighted by Crippen LogP contribution is 2.39. The summed E-state index contributed by atoms with van der Waals surface area (Å²) >= 11 is 0. The number of fused-ring (bicyclic) bond motifs is 1. The lowest BCUT2D eigenvalue weighted by Gasteiger charge is -2.35. The van der Waals surface area contributed by atoms with E-state index in [0.717, 1.165) is 12.8 Å². The van der Waals surface area contributed by atoms with Crippen LogP contribution in [0.15, 0.2) is 36.9 Å². The lowest BCUT2D eigenvalue weighted by atomic mass is 9.85. The number of hydrogen-bond acceptors (Lipinski definition) is 2. The normalized spacial score (nSPS) is 28.1. The molecule has 2 unspecified atom stereocenters. The third-order valence-electron chi connectivity index (χ3n) is 3.63. The van der Waals surface area contributed by atoms with Gasteiger partial charge in [0.15, 0.2) is 0 Å². The van der Waals surface area contributed by atoms with Gasteiger partial charge in [-0.05, 0) is 38.1 Å². The van der Waals surface area contributed by atoms with E-state index < -0.39 is 0 Å². The molecule has 2 N–H and O–H groups in total. The van der Waals surface area contributed by atoms with Gasteiger partial charge in [-0.1, -0.05) is 30.3 Å². The maximum Gasteiger partial charge on any atom is 0.0607 e. The van der Waals surface area contributed by atoms with Gasteiger partial charge >= 0.3 is 0 Å². The number of likely N-dealkylation sites (N-methyl/N-ethyl adjacent to an activating group) is 1. The molecule has 1 aliphatic rings. The van der Waals surface area contributed by atoms with Crippen LogP contribution in [0.2, 0.25) is 0 Å². The molecule has 2 rings (SSSR count). The second kappa shape index (κ2) is 4.04. The van der Waals surface area contributed by atoms with Gasteiger partial charge in [0, 0.05) is 6.04 Å². The summed E-state index contributed by atoms with van der Waals surface area (Å²) in [6.07, 6.45) is 3.79. The third-order valence-corrected chi connectivity index (χ3v) is 3.63. The monoisotopic (exact) mass is 216 g/mol. The number of benzene rings is 1. The highest BCUT2D eigenvalue weighted by molar-refractivity contribution is 5.42. The predicted octanol–water partition coefficient (Wildman–Crippen LogP) is 1.90. The Morgan fingerprint density at radius 1 is 1.50 bits per heavy atom. The van der Waals surface area contributed by atoms with Crippen LogP contribution in [-0.2, 0) is 12.0 Å². The van der Waals surface area contributed by atoms with Gasteiger partial charge in [-0.2, -0.15) is 0 Å². The quantitative estimate of drug-likeness (QED) is 0.782. The van der Waals surface area contributed by atoms with E-state index in [2.05, 4.69) is 49.8 Å². The highest BCUT2D eigenvalue weighted by atomic mass is 15.1. The van der Waals surface area contributed by atoms with Crippen LogP contribution in [0.5, 0.6) is 0 Å². The fourth-order valence-corrected chi connectivity index (χ4v) is 2.85. The molecule has 86 valence electrons. The Balaban J connectivity index is 2.47. The van der Waals surface area contributed by atoms with E-state index in [9.17, 15) is 0 Å². The Bertz CT molecular complexity index is 397. The van der Waals surface area contributed by atoms with Crippen molar-refractivity contribution < 1.29 is 0 Å². The van der Waals surface area contributed by atoms with Gasteiger partial charge in [-0.25, -0.2) is 0 Å². The number of rotatable bonds is 3. The predicted molar refractivity (Wildman–Crippen MR) is 68.3 cm³/mol. The molecular formula is C14H20N2. The number of hydrogen-bond donors (Lipinski definition) is 1. The Morgan fingerprint density at radius 2 is 2.19 bits per heavy atom. The van der Waals surface area contributed by atoms with E-state index in [4.69, 9.17) is 5.73 Å². The zero-order chi connectivity index (χ0) is 11.8. The topological polar surface area (TPSA) is 29.3 Å². The molecule has 2 nitrogen and oxygen atoms in total. The molecule has 2 heteroatoms. The highest BCUT2D eigenvalue weighted by Gasteiger charge is 2.43. The zero-order valence-electron chi connectivity index (χ0n) is 10.1. The molecule has 0 radical (unpaired) electrons. The van der Waals surface area contributed by atoms with Gasteiger partial charge in [0.25, 0.3) is 0 Å². The van der Waals surface area contributed by atoms with Crippen molar-refractivity contribution >= 4 is 0 Å². The van der Waals surface area contributed by atoms with Crippen molar-refractivity contribution in [3.8, 4) is 0 Å². The van der Waals surface area contributed by atoms with Gasteiger partial charge in [0.05, 0.1) is 5.54 Å². The van der Waals surface area contributed by atoms with Crippen LogP contribution in [0.3, 0.4) is 0 Å². The first-order valence-corrected chi connectivity index (χ1v) is 5.74. The molecule has 1 aromatic rings. The largest absolute Gasteiger partial charge is 0.320 e. The number of nitrogens with two attached hydrogens (primary N) is 1. The fraction of sp³-hybridized carbons (Fsp3) is 0.429. The third kappa shape index (κ3) is 1.58. The number of nitrogens with zero attached hydrogens (tertiary/aromatic N) is 1. The summed E-state index contributed by atoms with van der Waals surface area (Å²) in [5.74, 6) is 0. The van der Waals surface area contributed by atoms with Gasteiger partial charge in [0.2, 0.25) is 0 Å². The standard InChI is InChI=1S/C14H20N2/c1-4-9-14(15)12-8-6-5-7-11(12)10-13(14)16(2)3/h4-8,13H,1,9-10,15H2,2-3H3. The molecule has 16 heavy (non-hydrogen) atoms. The minimum Gasteiger partial charge on any atom is -0.320 e. The molecule has 0 spiro atoms. The maximum atomic E-state index is 6.61. The lowest BCUT2D eigenvalue weighted by Crippen LogP contribution is -2.51. The van der Waals surface area contributed by atoms with Crippen molar-refractivity contribution in [1.29, 1.82) is 0 Å². The molecule has 0 bridgehead atoms. The minimum atomic E-state index is -0.276. The first-order chi connectivity index (χ1) is 7.59. The Morgan fingerprint density at radius 3 is 2.81 bits per heavy atom. The molecule has 0 saturated heterocycles. The fourth-order valence-electron chi connectivity index (χ4n) is 2.85. The average Bonchev–Trinajstić information content (AvgIpc) is 2.54. The van der Waals surface area contributed by atoms with Crippen LogP contribution in [0.1, 0.15) is 17.5 Å². The van der Waals surface area contributed by atoms with Gasteiger partial charge < -0.3 is 10.6 Å². The van der Waals surface area contributed by atoms with E-state index in [-0.39, 0.29) is 5.54 Å². The van der Waals surface area contributed by atoms with E-state index in [1.54, 1.807) is 0 Å². The molecule has 2 atom stereocenters. The Kier molecular flexibility index (Phi) is 2.87. The molecule has 1 aliphatic carbocycles. The molecule has 0 fully saturated rings. The van der Waals surface area contributed by atoms with E-state index in [1.165, 1.54) is 11.1 Å². The van der Waals surface area contributed by atoms with Crippen LogP contribution in [0.4, 0.5) is 0 Å². The Labute approximate surface area is 97.8 Å². The molecule has 0 aromatic heterocycles. The average molecular weight is 216 g/mol. The van der Waals surface area contributed by atoms with Crippen LogP contribution < -0.4 is 5.73 Å². The van der Waals surface area contributed by atoms with E-state index in [1.807, 2.05) is 6.08 Å². The molecular weight excluding hydrogens is 196 g/mol. The van der Waals surface area contributed by atoms with Crippen molar-refractivity contribution in [3.63, 3.8) is 0 Å². The summed E-state index contributed by atoms with van der Waals surface area (Å²) in [5, 5.41) is 0. The summed E-state index contributed by atoms with van der Waals surface area (Å²) in [6, 6.07) is 8.86. The van der Waals surface area contributed by atoms with Crippen molar-refractivity contribution in [1.82, 2.24) is 4.90 Å². The summed E-state index contributed by atoms with van der Waals surface area (Å²) in [4.78, 5) is 2.23. The zero-order valence-corrected chi connectivity index (χ0v) is 10.1. The second-order valence-corrected chi connectivity index (χ2v) is 4.87. The van der Waals surface area contributed by atoms with Crippen molar-refractivity contribution in [3.05, 3.63) is 48.0 Å². The van der Waals surface area contributed by atoms with Crippen molar-refractivity contribution in [2.24, 2.45) is 5.73 Å². The van der Waals surface area contributed by atoms with Gasteiger partial charge in [-0.3, -0.25) is 0 Å². The van der Waals surface area contributed by atoms with E-state index in [0.29, 0.717) is 6.04 Å². The van der Waals surface area contributed by atoms with E-state index >= 15 is 0 Å². The second-order valence-electron chi connectivity index (χ2n) is 4.87. The molecule has 0 saturated carbocycles. The summed E-state index contributed by atoms with van der Waals surface area (Å²) < 4.78 is 0. The van der Waals surface area contributed by atoms with Crippen LogP contribution >= 0.6 is 0 Å². The SMILES string of the molecule is C=CCC1(N)c2ccccc2CC1N(C)C. The lowest BCUT2D eigenvalue weighted by molar-refractivity contribution is 0.194. The maximum absolute atomic E-state index is 6.61. The molecule has 0 amide bonds. The first kappa shape index (κ1) is 11.4. The summed E-state index contributed by atoms with van der Waals surface area (Å²) in [7, 11) is 4.20. The molecule has 1 aromatic carbocycles. The summed E-state index contributed by atoms with van der Waals surface area (Å²) in [6.45, 7) is 3.84. The molecule has 0 aliphatic heterocycles. The van der Waals surface area contributed by atoms with Crippen LogP contribution in [0.25, 0.3) is 0 Å². The van der Waals surface area contributed by atoms with Crippen LogP contribution in [0, 0.1) is 0 Å². The smallest absolute Gasteiger partial charge is 0.0607 e. The first-order valence-electron chi connectivity index (χ1n) is 5.74. The Hall–Kier alpha value is -1.12. The van der Waals surface area contributed by atoms with Gasteiger partial charge in [0.1, 0.15) is 0 Å². The van der Waals surface area contributed by atoms with Crippen molar-refractivity contribution in [2.45, 2.75) is 24.4 Å². The van der Waals surface area contributed by atoms with Gasteiger partial charge in [-0.15, -0.1) is 6.58 Å².